The number of nitrogens with zero attached hydrogens (tertiary/aromatic N) is 3. The summed E-state index contributed by atoms with van der Waals surface area (Å²) in [7, 11) is 1.56. The molecule has 1 aromatic carbocycles. The van der Waals surface area contributed by atoms with Crippen LogP contribution in [0.2, 0.25) is 0 Å². The molecule has 0 aliphatic heterocycles. The molecule has 2 rings (SSSR count). The van der Waals surface area contributed by atoms with Gasteiger partial charge in [-0.05, 0) is 18.2 Å². The predicted molar refractivity (Wildman–Crippen MR) is 74.0 cm³/mol. The molecule has 0 radical (unpaired) electrons. The molecule has 0 aliphatic rings. The molecule has 1 aromatic heterocycles. The van der Waals surface area contributed by atoms with Crippen LogP contribution in [0.4, 0.5) is 5.69 Å². The van der Waals surface area contributed by atoms with Crippen molar-refractivity contribution in [2.75, 3.05) is 12.4 Å². The Hall–Kier alpha value is -1.89. The summed E-state index contributed by atoms with van der Waals surface area (Å²) in [5, 5.41) is 6.75. The molecule has 0 bridgehead atoms. The van der Waals surface area contributed by atoms with Crippen LogP contribution in [0.1, 0.15) is 6.42 Å². The van der Waals surface area contributed by atoms with Crippen molar-refractivity contribution in [1.29, 1.82) is 0 Å². The van der Waals surface area contributed by atoms with E-state index in [1.54, 1.807) is 30.3 Å². The van der Waals surface area contributed by atoms with Gasteiger partial charge in [-0.1, -0.05) is 15.9 Å². The van der Waals surface area contributed by atoms with Gasteiger partial charge in [0.25, 0.3) is 0 Å². The highest BCUT2D eigenvalue weighted by atomic mass is 79.9. The van der Waals surface area contributed by atoms with E-state index in [2.05, 4.69) is 31.3 Å². The van der Waals surface area contributed by atoms with Crippen molar-refractivity contribution in [3.63, 3.8) is 0 Å². The molecule has 6 nitrogen and oxygen atoms in total. The van der Waals surface area contributed by atoms with E-state index in [4.69, 9.17) is 4.74 Å². The Morgan fingerprint density at radius 2 is 2.37 bits per heavy atom. The first kappa shape index (κ1) is 13.5. The first-order valence-corrected chi connectivity index (χ1v) is 6.44. The number of rotatable bonds is 5. The minimum atomic E-state index is -0.105. The van der Waals surface area contributed by atoms with E-state index < -0.39 is 0 Å². The van der Waals surface area contributed by atoms with Crippen molar-refractivity contribution in [1.82, 2.24) is 14.8 Å². The summed E-state index contributed by atoms with van der Waals surface area (Å²) in [5.74, 6) is 0.518. The fraction of sp³-hybridized carbons (Fsp3) is 0.250. The smallest absolute Gasteiger partial charge is 0.226 e. The summed E-state index contributed by atoms with van der Waals surface area (Å²) in [6, 6.07) is 5.44. The third-order valence-corrected chi connectivity index (χ3v) is 2.96. The Morgan fingerprint density at radius 1 is 1.53 bits per heavy atom. The number of carbonyl (C=O) groups is 1. The number of halogens is 1. The maximum absolute atomic E-state index is 11.8. The number of ether oxygens (including phenoxy) is 1. The number of methoxy groups -OCH3 is 1. The highest BCUT2D eigenvalue weighted by Gasteiger charge is 2.08. The van der Waals surface area contributed by atoms with Gasteiger partial charge in [0, 0.05) is 10.9 Å². The summed E-state index contributed by atoms with van der Waals surface area (Å²) < 4.78 is 7.67. The molecule has 0 saturated heterocycles. The van der Waals surface area contributed by atoms with Crippen LogP contribution in [0.3, 0.4) is 0 Å². The van der Waals surface area contributed by atoms with Gasteiger partial charge in [-0.2, -0.15) is 5.10 Å². The largest absolute Gasteiger partial charge is 0.495 e. The highest BCUT2D eigenvalue weighted by Crippen LogP contribution is 2.27. The Morgan fingerprint density at radius 3 is 3.05 bits per heavy atom. The molecule has 0 aliphatic carbocycles. The monoisotopic (exact) mass is 324 g/mol. The molecule has 0 saturated carbocycles. The van der Waals surface area contributed by atoms with E-state index in [1.165, 1.54) is 6.33 Å². The number of amides is 1. The van der Waals surface area contributed by atoms with Gasteiger partial charge in [0.2, 0.25) is 5.91 Å². The summed E-state index contributed by atoms with van der Waals surface area (Å²) >= 11 is 3.36. The molecule has 1 amide bonds. The molecule has 100 valence electrons. The molecule has 0 atom stereocenters. The number of benzene rings is 1. The van der Waals surface area contributed by atoms with Gasteiger partial charge in [-0.3, -0.25) is 9.48 Å². The Balaban J connectivity index is 1.96. The second-order valence-electron chi connectivity index (χ2n) is 3.80. The average Bonchev–Trinajstić information content (AvgIpc) is 2.90. The fourth-order valence-electron chi connectivity index (χ4n) is 1.55. The number of carbonyl (C=O) groups excluding carboxylic acids is 1. The molecule has 2 aromatic rings. The molecule has 0 unspecified atom stereocenters. The lowest BCUT2D eigenvalue weighted by Gasteiger charge is -2.10. The van der Waals surface area contributed by atoms with E-state index in [0.717, 1.165) is 4.47 Å². The SMILES string of the molecule is COc1ccc(Br)cc1NC(=O)CCn1cncn1. The quantitative estimate of drug-likeness (QED) is 0.914. The molecule has 0 fully saturated rings. The molecular formula is C12H13BrN4O2. The van der Waals surface area contributed by atoms with Crippen molar-refractivity contribution >= 4 is 27.5 Å². The fourth-order valence-corrected chi connectivity index (χ4v) is 1.92. The highest BCUT2D eigenvalue weighted by molar-refractivity contribution is 9.10. The number of anilines is 1. The van der Waals surface area contributed by atoms with Gasteiger partial charge >= 0.3 is 0 Å². The van der Waals surface area contributed by atoms with Crippen LogP contribution in [0.25, 0.3) is 0 Å². The van der Waals surface area contributed by atoms with Gasteiger partial charge in [0.15, 0.2) is 0 Å². The zero-order valence-corrected chi connectivity index (χ0v) is 11.9. The maximum Gasteiger partial charge on any atom is 0.226 e. The topological polar surface area (TPSA) is 69.0 Å². The van der Waals surface area contributed by atoms with Crippen LogP contribution in [-0.2, 0) is 11.3 Å². The Kier molecular flexibility index (Phi) is 4.51. The maximum atomic E-state index is 11.8. The molecule has 0 spiro atoms. The second-order valence-corrected chi connectivity index (χ2v) is 4.72. The van der Waals surface area contributed by atoms with Gasteiger partial charge in [0.1, 0.15) is 18.4 Å². The van der Waals surface area contributed by atoms with Crippen LogP contribution < -0.4 is 10.1 Å². The van der Waals surface area contributed by atoms with Gasteiger partial charge in [0.05, 0.1) is 19.3 Å². The van der Waals surface area contributed by atoms with Gasteiger partial charge < -0.3 is 10.1 Å². The minimum absolute atomic E-state index is 0.105. The number of hydrogen-bond acceptors (Lipinski definition) is 4. The minimum Gasteiger partial charge on any atom is -0.495 e. The average molecular weight is 325 g/mol. The van der Waals surface area contributed by atoms with Crippen LogP contribution in [-0.4, -0.2) is 27.8 Å². The lowest BCUT2D eigenvalue weighted by Crippen LogP contribution is -2.15. The Bertz CT molecular complexity index is 557. The van der Waals surface area contributed by atoms with Crippen molar-refractivity contribution < 1.29 is 9.53 Å². The number of hydrogen-bond donors (Lipinski definition) is 1. The van der Waals surface area contributed by atoms with E-state index in [1.807, 2.05) is 6.07 Å². The van der Waals surface area contributed by atoms with E-state index in [-0.39, 0.29) is 5.91 Å². The van der Waals surface area contributed by atoms with Crippen molar-refractivity contribution in [3.05, 3.63) is 35.3 Å². The number of aromatic nitrogens is 3. The third-order valence-electron chi connectivity index (χ3n) is 2.47. The van der Waals surface area contributed by atoms with E-state index >= 15 is 0 Å². The zero-order valence-electron chi connectivity index (χ0n) is 10.3. The lowest BCUT2D eigenvalue weighted by molar-refractivity contribution is -0.116. The summed E-state index contributed by atoms with van der Waals surface area (Å²) in [6.45, 7) is 0.488. The van der Waals surface area contributed by atoms with Crippen molar-refractivity contribution in [2.45, 2.75) is 13.0 Å². The summed E-state index contributed by atoms with van der Waals surface area (Å²) in [5.41, 5.74) is 0.639. The van der Waals surface area contributed by atoms with Crippen molar-refractivity contribution in [2.24, 2.45) is 0 Å². The molecule has 1 N–H and O–H groups in total. The first-order valence-electron chi connectivity index (χ1n) is 5.65. The molecule has 7 heteroatoms. The van der Waals surface area contributed by atoms with Crippen LogP contribution in [0.15, 0.2) is 35.3 Å². The lowest BCUT2D eigenvalue weighted by atomic mass is 10.3. The standard InChI is InChI=1S/C12H13BrN4O2/c1-19-11-3-2-9(13)6-10(11)16-12(18)4-5-17-8-14-7-15-17/h2-3,6-8H,4-5H2,1H3,(H,16,18). The number of nitrogens with one attached hydrogen (secondary N) is 1. The van der Waals surface area contributed by atoms with Crippen LogP contribution in [0.5, 0.6) is 5.75 Å². The third kappa shape index (κ3) is 3.78. The molecule has 1 heterocycles. The van der Waals surface area contributed by atoms with Gasteiger partial charge in [-0.15, -0.1) is 0 Å². The number of aryl methyl sites for hydroxylation is 1. The molecule has 19 heavy (non-hydrogen) atoms. The van der Waals surface area contributed by atoms with E-state index in [9.17, 15) is 4.79 Å². The second kappa shape index (κ2) is 6.33. The normalized spacial score (nSPS) is 10.2. The summed E-state index contributed by atoms with van der Waals surface area (Å²) in [4.78, 5) is 15.7. The van der Waals surface area contributed by atoms with Crippen LogP contribution in [0, 0.1) is 0 Å². The summed E-state index contributed by atoms with van der Waals surface area (Å²) in [6.07, 6.45) is 3.33. The predicted octanol–water partition coefficient (Wildman–Crippen LogP) is 2.08. The van der Waals surface area contributed by atoms with Gasteiger partial charge in [-0.25, -0.2) is 4.98 Å². The van der Waals surface area contributed by atoms with Crippen LogP contribution >= 0.6 is 15.9 Å². The van der Waals surface area contributed by atoms with Crippen molar-refractivity contribution in [3.8, 4) is 5.75 Å². The first-order chi connectivity index (χ1) is 9.19. The zero-order chi connectivity index (χ0) is 13.7. The van der Waals surface area contributed by atoms with E-state index in [0.29, 0.717) is 24.4 Å². The Labute approximate surface area is 118 Å². The molecular weight excluding hydrogens is 312 g/mol.